The van der Waals surface area contributed by atoms with Gasteiger partial charge in [-0.15, -0.1) is 0 Å². The molecule has 0 saturated heterocycles. The summed E-state index contributed by atoms with van der Waals surface area (Å²) in [6.07, 6.45) is 2.20. The molecule has 0 spiro atoms. The Bertz CT molecular complexity index is 355. The minimum atomic E-state index is -0.579. The summed E-state index contributed by atoms with van der Waals surface area (Å²) in [6.45, 7) is 4.92. The number of nitrogens with one attached hydrogen (secondary N) is 1. The van der Waals surface area contributed by atoms with Crippen molar-refractivity contribution in [1.82, 2.24) is 0 Å². The first-order chi connectivity index (χ1) is 7.54. The molecular formula is C12H16BrF2N. The lowest BCUT2D eigenvalue weighted by Crippen LogP contribution is -2.12. The van der Waals surface area contributed by atoms with E-state index in [4.69, 9.17) is 0 Å². The van der Waals surface area contributed by atoms with E-state index in [0.717, 1.165) is 18.9 Å². The summed E-state index contributed by atoms with van der Waals surface area (Å²) in [6, 6.07) is 2.32. The average molecular weight is 292 g/mol. The first-order valence-corrected chi connectivity index (χ1v) is 6.22. The van der Waals surface area contributed by atoms with Crippen molar-refractivity contribution in [1.29, 1.82) is 0 Å². The summed E-state index contributed by atoms with van der Waals surface area (Å²) in [7, 11) is 0. The fourth-order valence-corrected chi connectivity index (χ4v) is 1.88. The van der Waals surface area contributed by atoms with Crippen molar-refractivity contribution < 1.29 is 8.78 Å². The van der Waals surface area contributed by atoms with Gasteiger partial charge in [0.15, 0.2) is 0 Å². The summed E-state index contributed by atoms with van der Waals surface area (Å²) in [5.74, 6) is -0.651. The third kappa shape index (κ3) is 3.74. The predicted octanol–water partition coefficient (Wildman–Crippen LogP) is 4.58. The maximum Gasteiger partial charge on any atom is 0.149 e. The van der Waals surface area contributed by atoms with Gasteiger partial charge in [0.1, 0.15) is 11.6 Å². The number of hydrogen-bond donors (Lipinski definition) is 1. The molecule has 0 radical (unpaired) electrons. The van der Waals surface area contributed by atoms with Crippen molar-refractivity contribution in [2.75, 3.05) is 11.9 Å². The van der Waals surface area contributed by atoms with Gasteiger partial charge < -0.3 is 5.32 Å². The topological polar surface area (TPSA) is 12.0 Å². The van der Waals surface area contributed by atoms with Gasteiger partial charge >= 0.3 is 0 Å². The van der Waals surface area contributed by atoms with Crippen LogP contribution in [0.5, 0.6) is 0 Å². The van der Waals surface area contributed by atoms with Gasteiger partial charge in [-0.3, -0.25) is 0 Å². The van der Waals surface area contributed by atoms with E-state index in [1.807, 2.05) is 0 Å². The Morgan fingerprint density at radius 2 is 2.00 bits per heavy atom. The van der Waals surface area contributed by atoms with Crippen LogP contribution in [0, 0.1) is 17.6 Å². The molecule has 4 heteroatoms. The lowest BCUT2D eigenvalue weighted by Gasteiger charge is -2.13. The highest BCUT2D eigenvalue weighted by Crippen LogP contribution is 2.24. The summed E-state index contributed by atoms with van der Waals surface area (Å²) in [4.78, 5) is 0. The van der Waals surface area contributed by atoms with Crippen LogP contribution in [0.1, 0.15) is 26.7 Å². The van der Waals surface area contributed by atoms with Crippen LogP contribution in [0.15, 0.2) is 16.6 Å². The summed E-state index contributed by atoms with van der Waals surface area (Å²) < 4.78 is 26.6. The zero-order valence-corrected chi connectivity index (χ0v) is 11.1. The molecule has 1 unspecified atom stereocenters. The first-order valence-electron chi connectivity index (χ1n) is 5.43. The molecule has 0 amide bonds. The van der Waals surface area contributed by atoms with Gasteiger partial charge in [0.05, 0.1) is 10.2 Å². The quantitative estimate of drug-likeness (QED) is 0.783. The molecule has 0 saturated carbocycles. The summed E-state index contributed by atoms with van der Waals surface area (Å²) >= 11 is 3.04. The average Bonchev–Trinajstić information content (AvgIpc) is 2.22. The molecule has 0 fully saturated rings. The molecule has 0 aliphatic heterocycles. The lowest BCUT2D eigenvalue weighted by atomic mass is 10.1. The van der Waals surface area contributed by atoms with Crippen LogP contribution in [0.3, 0.4) is 0 Å². The van der Waals surface area contributed by atoms with Crippen LogP contribution in [-0.4, -0.2) is 6.54 Å². The van der Waals surface area contributed by atoms with Gasteiger partial charge in [-0.2, -0.15) is 0 Å². The molecule has 0 aliphatic carbocycles. The molecule has 1 atom stereocenters. The number of halogens is 3. The molecule has 1 N–H and O–H groups in total. The van der Waals surface area contributed by atoms with Gasteiger partial charge in [0.25, 0.3) is 0 Å². The monoisotopic (exact) mass is 291 g/mol. The minimum Gasteiger partial charge on any atom is -0.382 e. The molecule has 90 valence electrons. The van der Waals surface area contributed by atoms with Crippen LogP contribution in [-0.2, 0) is 0 Å². The Morgan fingerprint density at radius 1 is 1.31 bits per heavy atom. The van der Waals surface area contributed by atoms with Gasteiger partial charge in [0.2, 0.25) is 0 Å². The highest BCUT2D eigenvalue weighted by atomic mass is 79.9. The third-order valence-corrected chi connectivity index (χ3v) is 3.04. The van der Waals surface area contributed by atoms with Crippen LogP contribution < -0.4 is 5.32 Å². The summed E-state index contributed by atoms with van der Waals surface area (Å²) in [5.41, 5.74) is 0.344. The minimum absolute atomic E-state index is 0.277. The first kappa shape index (κ1) is 13.4. The van der Waals surface area contributed by atoms with Crippen LogP contribution in [0.4, 0.5) is 14.5 Å². The maximum absolute atomic E-state index is 13.3. The van der Waals surface area contributed by atoms with Gasteiger partial charge in [-0.1, -0.05) is 20.3 Å². The summed E-state index contributed by atoms with van der Waals surface area (Å²) in [5, 5.41) is 2.99. The highest BCUT2D eigenvalue weighted by Gasteiger charge is 2.08. The fraction of sp³-hybridized carbons (Fsp3) is 0.500. The normalized spacial score (nSPS) is 12.6. The maximum atomic E-state index is 13.3. The predicted molar refractivity (Wildman–Crippen MR) is 66.6 cm³/mol. The van der Waals surface area contributed by atoms with E-state index in [1.54, 1.807) is 0 Å². The van der Waals surface area contributed by atoms with Crippen molar-refractivity contribution in [2.45, 2.75) is 26.7 Å². The van der Waals surface area contributed by atoms with Crippen molar-refractivity contribution in [3.63, 3.8) is 0 Å². The second-order valence-corrected chi connectivity index (χ2v) is 4.88. The van der Waals surface area contributed by atoms with Crippen LogP contribution in [0.2, 0.25) is 0 Å². The van der Waals surface area contributed by atoms with Crippen molar-refractivity contribution in [2.24, 2.45) is 5.92 Å². The van der Waals surface area contributed by atoms with E-state index in [0.29, 0.717) is 18.2 Å². The number of benzene rings is 1. The Kier molecular flexibility index (Phi) is 5.19. The molecule has 1 aromatic rings. The Hall–Kier alpha value is -0.640. The van der Waals surface area contributed by atoms with Gasteiger partial charge in [-0.05, 0) is 34.3 Å². The van der Waals surface area contributed by atoms with Crippen molar-refractivity contribution in [3.05, 3.63) is 28.2 Å². The third-order valence-electron chi connectivity index (χ3n) is 2.43. The number of rotatable bonds is 5. The molecule has 0 aliphatic rings. The van der Waals surface area contributed by atoms with E-state index < -0.39 is 11.6 Å². The molecule has 1 nitrogen and oxygen atoms in total. The van der Waals surface area contributed by atoms with E-state index in [1.165, 1.54) is 6.07 Å². The smallest absolute Gasteiger partial charge is 0.149 e. The Labute approximate surface area is 103 Å². The second-order valence-electron chi connectivity index (χ2n) is 4.02. The van der Waals surface area contributed by atoms with E-state index in [2.05, 4.69) is 35.1 Å². The van der Waals surface area contributed by atoms with Crippen LogP contribution >= 0.6 is 15.9 Å². The molecule has 1 aromatic carbocycles. The molecule has 16 heavy (non-hydrogen) atoms. The number of hydrogen-bond acceptors (Lipinski definition) is 1. The zero-order valence-electron chi connectivity index (χ0n) is 9.49. The van der Waals surface area contributed by atoms with Crippen molar-refractivity contribution >= 4 is 21.6 Å². The Morgan fingerprint density at radius 3 is 2.62 bits per heavy atom. The van der Waals surface area contributed by atoms with E-state index in [9.17, 15) is 8.78 Å². The van der Waals surface area contributed by atoms with Crippen molar-refractivity contribution in [3.8, 4) is 0 Å². The highest BCUT2D eigenvalue weighted by molar-refractivity contribution is 9.10. The fourth-order valence-electron chi connectivity index (χ4n) is 1.54. The SMILES string of the molecule is CCCC(C)CNc1cc(Br)c(F)cc1F. The molecule has 0 aromatic heterocycles. The largest absolute Gasteiger partial charge is 0.382 e. The lowest BCUT2D eigenvalue weighted by molar-refractivity contribution is 0.545. The zero-order chi connectivity index (χ0) is 12.1. The molecule has 0 bridgehead atoms. The molecule has 1 rings (SSSR count). The number of anilines is 1. The standard InChI is InChI=1S/C12H16BrF2N/c1-3-4-8(2)7-16-12-5-9(13)10(14)6-11(12)15/h5-6,8,16H,3-4,7H2,1-2H3. The van der Waals surface area contributed by atoms with Gasteiger partial charge in [-0.25, -0.2) is 8.78 Å². The van der Waals surface area contributed by atoms with Crippen LogP contribution in [0.25, 0.3) is 0 Å². The van der Waals surface area contributed by atoms with Gasteiger partial charge in [0, 0.05) is 12.6 Å². The Balaban J connectivity index is 2.63. The van der Waals surface area contributed by atoms with E-state index in [-0.39, 0.29) is 4.47 Å². The molecule has 0 heterocycles. The van der Waals surface area contributed by atoms with E-state index >= 15 is 0 Å². The molecular weight excluding hydrogens is 276 g/mol. The second kappa shape index (κ2) is 6.18.